The molecule has 0 radical (unpaired) electrons. The van der Waals surface area contributed by atoms with Crippen LogP contribution in [-0.4, -0.2) is 81.7 Å². The summed E-state index contributed by atoms with van der Waals surface area (Å²) in [5.41, 5.74) is 8.59. The van der Waals surface area contributed by atoms with Crippen LogP contribution >= 0.6 is 12.4 Å². The summed E-state index contributed by atoms with van der Waals surface area (Å²) in [6.07, 6.45) is 5.67. The van der Waals surface area contributed by atoms with E-state index in [1.807, 2.05) is 22.1 Å². The minimum atomic E-state index is -0.554. The second-order valence-electron chi connectivity index (χ2n) is 9.87. The molecule has 0 spiro atoms. The molecule has 2 saturated heterocycles. The highest BCUT2D eigenvalue weighted by Gasteiger charge is 2.27. The van der Waals surface area contributed by atoms with Crippen LogP contribution in [0.1, 0.15) is 31.0 Å². The van der Waals surface area contributed by atoms with Crippen molar-refractivity contribution in [3.05, 3.63) is 59.4 Å². The molecule has 3 aromatic rings. The molecule has 9 nitrogen and oxygen atoms in total. The molecule has 38 heavy (non-hydrogen) atoms. The second kappa shape index (κ2) is 11.6. The van der Waals surface area contributed by atoms with E-state index in [-0.39, 0.29) is 30.4 Å². The fourth-order valence-corrected chi connectivity index (χ4v) is 4.85. The molecule has 2 aromatic heterocycles. The summed E-state index contributed by atoms with van der Waals surface area (Å²) < 4.78 is 29.0. The highest BCUT2D eigenvalue weighted by Crippen LogP contribution is 2.27. The van der Waals surface area contributed by atoms with Crippen LogP contribution in [0.4, 0.5) is 26.2 Å². The van der Waals surface area contributed by atoms with Gasteiger partial charge in [-0.05, 0) is 18.1 Å². The topological polar surface area (TPSA) is 99.6 Å². The Kier molecular flexibility index (Phi) is 8.49. The number of β-amino-alcohol motifs (C(OH)–C–C–N with tert-alkyl or cyclic N) is 1. The second-order valence-corrected chi connectivity index (χ2v) is 9.87. The maximum atomic E-state index is 13.6. The monoisotopic (exact) mass is 546 g/mol. The van der Waals surface area contributed by atoms with Gasteiger partial charge in [0, 0.05) is 69.2 Å². The van der Waals surface area contributed by atoms with E-state index in [1.165, 1.54) is 12.1 Å². The Morgan fingerprint density at radius 1 is 1.00 bits per heavy atom. The Balaban J connectivity index is 0.00000336. The summed E-state index contributed by atoms with van der Waals surface area (Å²) >= 11 is 0. The molecule has 0 bridgehead atoms. The third-order valence-corrected chi connectivity index (χ3v) is 6.75. The van der Waals surface area contributed by atoms with Crippen LogP contribution in [0.25, 0.3) is 11.9 Å². The van der Waals surface area contributed by atoms with Gasteiger partial charge >= 0.3 is 0 Å². The van der Waals surface area contributed by atoms with Crippen LogP contribution in [0.3, 0.4) is 0 Å². The lowest BCUT2D eigenvalue weighted by Gasteiger charge is -2.36. The number of nitrogens with zero attached hydrogens (tertiary/aromatic N) is 7. The predicted octanol–water partition coefficient (Wildman–Crippen LogP) is 3.08. The first-order valence-corrected chi connectivity index (χ1v) is 12.5. The number of halogens is 3. The minimum absolute atomic E-state index is 0. The predicted molar refractivity (Wildman–Crippen MR) is 147 cm³/mol. The summed E-state index contributed by atoms with van der Waals surface area (Å²) in [4.78, 5) is 15.0. The van der Waals surface area contributed by atoms with Crippen LogP contribution in [0.15, 0.2) is 36.5 Å². The number of anilines is 3. The number of benzene rings is 1. The number of aliphatic hydroxyl groups excluding tert-OH is 1. The van der Waals surface area contributed by atoms with Crippen LogP contribution < -0.4 is 15.5 Å². The summed E-state index contributed by atoms with van der Waals surface area (Å²) in [6, 6.07) is 5.50. The van der Waals surface area contributed by atoms with E-state index in [9.17, 15) is 13.9 Å². The number of hydrogen-bond donors (Lipinski definition) is 2. The van der Waals surface area contributed by atoms with E-state index >= 15 is 0 Å². The van der Waals surface area contributed by atoms with Gasteiger partial charge in [-0.1, -0.05) is 26.0 Å². The highest BCUT2D eigenvalue weighted by molar-refractivity contribution is 5.85. The van der Waals surface area contributed by atoms with Gasteiger partial charge < -0.3 is 20.6 Å². The Labute approximate surface area is 227 Å². The largest absolute Gasteiger partial charge is 0.389 e. The van der Waals surface area contributed by atoms with Crippen molar-refractivity contribution < 1.29 is 13.9 Å². The van der Waals surface area contributed by atoms with Crippen molar-refractivity contribution in [3.63, 3.8) is 0 Å². The first kappa shape index (κ1) is 27.7. The number of hydrogen-bond acceptors (Lipinski definition) is 8. The molecule has 204 valence electrons. The third kappa shape index (κ3) is 6.06. The van der Waals surface area contributed by atoms with E-state index < -0.39 is 11.6 Å². The molecule has 4 heterocycles. The van der Waals surface area contributed by atoms with Gasteiger partial charge in [-0.2, -0.15) is 15.1 Å². The molecule has 0 aliphatic carbocycles. The highest BCUT2D eigenvalue weighted by atomic mass is 35.5. The molecule has 0 atom stereocenters. The Morgan fingerprint density at radius 2 is 1.66 bits per heavy atom. The van der Waals surface area contributed by atoms with Crippen LogP contribution in [0.5, 0.6) is 0 Å². The van der Waals surface area contributed by atoms with Crippen molar-refractivity contribution in [3.8, 4) is 5.82 Å². The number of nitrogen functional groups attached to an aromatic ring is 1. The summed E-state index contributed by atoms with van der Waals surface area (Å²) in [5.74, 6) is 0.510. The molecular formula is C26H33ClF2N8O. The number of piperazine rings is 1. The molecule has 0 amide bonds. The number of aliphatic hydroxyl groups is 1. The molecule has 3 N–H and O–H groups in total. The molecule has 1 aromatic carbocycles. The van der Waals surface area contributed by atoms with Crippen LogP contribution in [-0.2, 0) is 0 Å². The van der Waals surface area contributed by atoms with Gasteiger partial charge in [0.1, 0.15) is 17.5 Å². The minimum Gasteiger partial charge on any atom is -0.389 e. The van der Waals surface area contributed by atoms with E-state index in [2.05, 4.69) is 46.0 Å². The molecule has 5 rings (SSSR count). The van der Waals surface area contributed by atoms with Crippen molar-refractivity contribution in [1.29, 1.82) is 0 Å². The van der Waals surface area contributed by atoms with Crippen LogP contribution in [0.2, 0.25) is 0 Å². The van der Waals surface area contributed by atoms with Gasteiger partial charge in [0.25, 0.3) is 0 Å². The molecule has 2 aliphatic heterocycles. The molecule has 0 unspecified atom stereocenters. The van der Waals surface area contributed by atoms with E-state index in [0.29, 0.717) is 43.5 Å². The Hall–Kier alpha value is -3.28. The fraction of sp³-hybridized carbons (Fsp3) is 0.423. The molecule has 2 aliphatic rings. The summed E-state index contributed by atoms with van der Waals surface area (Å²) in [6.45, 7) is 9.03. The average Bonchev–Trinajstić information content (AvgIpc) is 3.26. The molecular weight excluding hydrogens is 514 g/mol. The molecule has 12 heteroatoms. The van der Waals surface area contributed by atoms with E-state index in [1.54, 1.807) is 4.68 Å². The van der Waals surface area contributed by atoms with Gasteiger partial charge in [-0.25, -0.2) is 13.5 Å². The quantitative estimate of drug-likeness (QED) is 0.466. The number of aromatic nitrogens is 4. The normalized spacial score (nSPS) is 16.8. The van der Waals surface area contributed by atoms with Gasteiger partial charge in [0.15, 0.2) is 5.82 Å². The Bertz CT molecular complexity index is 1270. The maximum absolute atomic E-state index is 13.6. The first-order chi connectivity index (χ1) is 17.8. The zero-order valence-corrected chi connectivity index (χ0v) is 22.3. The van der Waals surface area contributed by atoms with Crippen molar-refractivity contribution >= 4 is 35.9 Å². The maximum Gasteiger partial charge on any atom is 0.224 e. The van der Waals surface area contributed by atoms with Gasteiger partial charge in [-0.15, -0.1) is 12.4 Å². The molecule has 0 saturated carbocycles. The fourth-order valence-electron chi connectivity index (χ4n) is 4.85. The van der Waals surface area contributed by atoms with Gasteiger partial charge in [0.2, 0.25) is 5.95 Å². The van der Waals surface area contributed by atoms with E-state index in [4.69, 9.17) is 5.73 Å². The van der Waals surface area contributed by atoms with Crippen molar-refractivity contribution in [2.24, 2.45) is 0 Å². The van der Waals surface area contributed by atoms with Gasteiger partial charge in [-0.3, -0.25) is 4.90 Å². The zero-order valence-electron chi connectivity index (χ0n) is 21.5. The Morgan fingerprint density at radius 3 is 2.29 bits per heavy atom. The van der Waals surface area contributed by atoms with Crippen molar-refractivity contribution in [2.45, 2.75) is 25.9 Å². The number of nitrogens with two attached hydrogens (primary N) is 1. The lowest BCUT2D eigenvalue weighted by atomic mass is 10.1. The van der Waals surface area contributed by atoms with Crippen LogP contribution in [0, 0.1) is 11.6 Å². The first-order valence-electron chi connectivity index (χ1n) is 12.5. The smallest absolute Gasteiger partial charge is 0.224 e. The van der Waals surface area contributed by atoms with E-state index in [0.717, 1.165) is 37.0 Å². The lowest BCUT2D eigenvalue weighted by molar-refractivity contribution is 0.141. The SMILES string of the molecule is CC(C)c1c(/C=C/CN2CCN(c3cc(F)cc(F)c3)CC2)cnn1-c1cc(N2CC(O)C2)nc(N)n1.Cl. The molecule has 2 fully saturated rings. The average molecular weight is 547 g/mol. The lowest BCUT2D eigenvalue weighted by Crippen LogP contribution is -2.51. The number of rotatable bonds is 7. The standard InChI is InChI=1S/C26H32F2N8O.ClH/c1-17(2)25-18(14-30-36(25)24-13-23(31-26(29)32-24)35-15-22(37)16-35)4-3-5-33-6-8-34(9-7-33)21-11-19(27)10-20(28)12-21;/h3-4,10-14,17,22,37H,5-9,15-16H2,1-2H3,(H2,29,31,32);1H/b4-3+;. The summed E-state index contributed by atoms with van der Waals surface area (Å²) in [5, 5.41) is 14.2. The van der Waals surface area contributed by atoms with Crippen molar-refractivity contribution in [1.82, 2.24) is 24.6 Å². The zero-order chi connectivity index (χ0) is 26.1. The van der Waals surface area contributed by atoms with Gasteiger partial charge in [0.05, 0.1) is 18.0 Å². The van der Waals surface area contributed by atoms with Crippen molar-refractivity contribution in [2.75, 3.05) is 61.3 Å². The summed E-state index contributed by atoms with van der Waals surface area (Å²) in [7, 11) is 0. The third-order valence-electron chi connectivity index (χ3n) is 6.75.